The maximum Gasteiger partial charge on any atom is 0.144 e. The normalized spacial score (nSPS) is 12.0. The number of aliphatic imine (C=N–C) groups is 1. The van der Waals surface area contributed by atoms with Crippen molar-refractivity contribution in [3.05, 3.63) is 0 Å². The Kier molecular flexibility index (Phi) is 3.90. The molecule has 0 aromatic heterocycles. The third-order valence-electron chi connectivity index (χ3n) is 0.486. The standard InChI is InChI=1S/C4H9BFN/c1-5-4-7-3-2-6/h3,5H,2,4H2,1H3/i5T,6-1. The van der Waals surface area contributed by atoms with Gasteiger partial charge in [0.05, 0.1) is 0 Å². The lowest BCUT2D eigenvalue weighted by Crippen LogP contribution is -1.88. The molecule has 0 atom stereocenters. The SMILES string of the molecule is [3H]B(C)CN=CC[18F]. The molecular formula is C4H9BFN. The number of hydrogen-bond donors (Lipinski definition) is 0. The van der Waals surface area contributed by atoms with Crippen molar-refractivity contribution in [2.45, 2.75) is 6.82 Å². The molecule has 0 saturated heterocycles. The van der Waals surface area contributed by atoms with Gasteiger partial charge in [-0.3, -0.25) is 0 Å². The van der Waals surface area contributed by atoms with Crippen LogP contribution in [-0.2, 0) is 0 Å². The number of halogens is 1. The van der Waals surface area contributed by atoms with Gasteiger partial charge in [0.1, 0.15) is 13.9 Å². The molecule has 0 aromatic carbocycles. The Labute approximate surface area is 45.2 Å². The van der Waals surface area contributed by atoms with E-state index >= 15 is 0 Å². The van der Waals surface area contributed by atoms with Gasteiger partial charge in [0.15, 0.2) is 0 Å². The minimum Gasteiger partial charge on any atom is -0.303 e. The molecule has 0 unspecified atom stereocenters. The second kappa shape index (κ2) is 5.66. The van der Waals surface area contributed by atoms with Gasteiger partial charge in [-0.15, -0.1) is 0 Å². The summed E-state index contributed by atoms with van der Waals surface area (Å²) in [5.41, 5.74) is 0. The van der Waals surface area contributed by atoms with Crippen molar-refractivity contribution in [2.24, 2.45) is 4.99 Å². The van der Waals surface area contributed by atoms with Crippen LogP contribution in [0.2, 0.25) is 6.82 Å². The van der Waals surface area contributed by atoms with E-state index in [0.717, 1.165) is 0 Å². The van der Waals surface area contributed by atoms with Crippen molar-refractivity contribution in [2.75, 3.05) is 13.1 Å². The molecule has 0 spiro atoms. The number of hydrogen-bond acceptors (Lipinski definition) is 1. The lowest BCUT2D eigenvalue weighted by Gasteiger charge is -1.77. The van der Waals surface area contributed by atoms with E-state index in [0.29, 0.717) is 6.44 Å². The van der Waals surface area contributed by atoms with Crippen LogP contribution in [-0.4, -0.2) is 27.9 Å². The van der Waals surface area contributed by atoms with Crippen LogP contribution in [0.3, 0.4) is 0 Å². The molecule has 3 heteroatoms. The van der Waals surface area contributed by atoms with Crippen molar-refractivity contribution in [3.8, 4) is 0 Å². The zero-order valence-corrected chi connectivity index (χ0v) is 4.39. The van der Waals surface area contributed by atoms with Crippen LogP contribution >= 0.6 is 0 Å². The summed E-state index contributed by atoms with van der Waals surface area (Å²) in [7, 11) is -0.210. The second-order valence-corrected chi connectivity index (χ2v) is 1.11. The molecule has 0 aliphatic rings. The van der Waals surface area contributed by atoms with Crippen molar-refractivity contribution in [1.82, 2.24) is 0 Å². The van der Waals surface area contributed by atoms with Gasteiger partial charge in [-0.05, 0) is 1.34 Å². The van der Waals surface area contributed by atoms with Crippen molar-refractivity contribution < 1.29 is 4.39 Å². The van der Waals surface area contributed by atoms with Gasteiger partial charge < -0.3 is 4.99 Å². The maximum atomic E-state index is 11.2. The Morgan fingerprint density at radius 2 is 2.86 bits per heavy atom. The fraction of sp³-hybridized carbons (Fsp3) is 0.750. The molecule has 0 amide bonds. The fourth-order valence-corrected chi connectivity index (χ4v) is 0.229. The van der Waals surface area contributed by atoms with Crippen molar-refractivity contribution >= 4 is 13.5 Å². The zero-order chi connectivity index (χ0) is 6.41. The van der Waals surface area contributed by atoms with Crippen LogP contribution < -0.4 is 0 Å². The Morgan fingerprint density at radius 3 is 3.29 bits per heavy atom. The number of alkyl halides is 1. The lowest BCUT2D eigenvalue weighted by atomic mass is 9.83. The Bertz CT molecular complexity index is 76.4. The first kappa shape index (κ1) is 4.81. The molecule has 0 rings (SSSR count). The smallest absolute Gasteiger partial charge is 0.144 e. The van der Waals surface area contributed by atoms with Crippen molar-refractivity contribution in [3.63, 3.8) is 0 Å². The highest BCUT2D eigenvalue weighted by molar-refractivity contribution is 6.33. The van der Waals surface area contributed by atoms with Crippen LogP contribution in [0.5, 0.6) is 0 Å². The predicted molar refractivity (Wildman–Crippen MR) is 32.3 cm³/mol. The van der Waals surface area contributed by atoms with E-state index in [1.165, 1.54) is 6.21 Å². The maximum absolute atomic E-state index is 11.2. The largest absolute Gasteiger partial charge is 0.303 e. The molecule has 0 radical (unpaired) electrons. The molecule has 0 N–H and O–H groups in total. The van der Waals surface area contributed by atoms with Crippen molar-refractivity contribution in [1.29, 1.82) is 1.34 Å². The second-order valence-electron chi connectivity index (χ2n) is 1.11. The van der Waals surface area contributed by atoms with Crippen LogP contribution in [0.25, 0.3) is 0 Å². The Morgan fingerprint density at radius 1 is 2.14 bits per heavy atom. The van der Waals surface area contributed by atoms with Crippen LogP contribution in [0.15, 0.2) is 4.99 Å². The Hall–Kier alpha value is -0.335. The molecule has 0 aliphatic carbocycles. The molecule has 1 nitrogen and oxygen atoms in total. The van der Waals surface area contributed by atoms with Gasteiger partial charge in [0.2, 0.25) is 0 Å². The van der Waals surface area contributed by atoms with E-state index in [-0.39, 0.29) is 7.24 Å². The molecule has 0 aliphatic heterocycles. The topological polar surface area (TPSA) is 12.4 Å². The monoisotopic (exact) mass is 102 g/mol. The van der Waals surface area contributed by atoms with E-state index < -0.39 is 6.67 Å². The van der Waals surface area contributed by atoms with E-state index in [9.17, 15) is 4.39 Å². The average molecular weight is 102 g/mol. The van der Waals surface area contributed by atoms with E-state index in [1.54, 1.807) is 6.82 Å². The summed E-state index contributed by atoms with van der Waals surface area (Å²) >= 11 is 0. The van der Waals surface area contributed by atoms with Gasteiger partial charge in [-0.1, -0.05) is 6.82 Å². The third-order valence-corrected chi connectivity index (χ3v) is 0.486. The first-order valence-corrected chi connectivity index (χ1v) is 2.24. The highest BCUT2D eigenvalue weighted by Crippen LogP contribution is 1.64. The minimum absolute atomic E-state index is 0.210. The van der Waals surface area contributed by atoms with E-state index in [1.807, 2.05) is 0 Å². The molecule has 0 heterocycles. The average Bonchev–Trinajstić information content (AvgIpc) is 1.66. The zero-order valence-electron chi connectivity index (χ0n) is 5.39. The quantitative estimate of drug-likeness (QED) is 0.362. The summed E-state index contributed by atoms with van der Waals surface area (Å²) in [5.74, 6) is 0. The van der Waals surface area contributed by atoms with Gasteiger partial charge in [-0.25, -0.2) is 4.39 Å². The summed E-state index contributed by atoms with van der Waals surface area (Å²) in [6.07, 6.45) is 1.59. The third kappa shape index (κ3) is 5.66. The predicted octanol–water partition coefficient (Wildman–Crippen LogP) is 0.469. The first-order valence-electron chi connectivity index (χ1n) is 2.81. The molecule has 40 valence electrons. The molecule has 0 aromatic rings. The first-order chi connectivity index (χ1) is 3.77. The summed E-state index contributed by atoms with van der Waals surface area (Å²) in [5, 5.41) is 0. The highest BCUT2D eigenvalue weighted by atomic mass is 18.2. The summed E-state index contributed by atoms with van der Waals surface area (Å²) in [6.45, 7) is 1.20. The van der Waals surface area contributed by atoms with Crippen LogP contribution in [0, 0.1) is 0 Å². The van der Waals surface area contributed by atoms with E-state index in [4.69, 9.17) is 1.34 Å². The summed E-state index contributed by atoms with van der Waals surface area (Å²) < 4.78 is 18.2. The van der Waals surface area contributed by atoms with Gasteiger partial charge in [0, 0.05) is 12.7 Å². The molecule has 0 bridgehead atoms. The van der Waals surface area contributed by atoms with Crippen LogP contribution in [0.4, 0.5) is 4.39 Å². The number of nitrogens with zero attached hydrogens (tertiary/aromatic N) is 1. The summed E-state index contributed by atoms with van der Waals surface area (Å²) in [6, 6.07) is 0. The molecule has 0 fully saturated rings. The molecule has 0 saturated carbocycles. The van der Waals surface area contributed by atoms with Gasteiger partial charge in [0.25, 0.3) is 0 Å². The molecule has 7 heavy (non-hydrogen) atoms. The minimum atomic E-state index is -0.521. The summed E-state index contributed by atoms with van der Waals surface area (Å²) in [4.78, 5) is 3.60. The van der Waals surface area contributed by atoms with E-state index in [2.05, 4.69) is 4.99 Å². The highest BCUT2D eigenvalue weighted by Gasteiger charge is 1.72. The number of rotatable bonds is 3. The van der Waals surface area contributed by atoms with Crippen LogP contribution in [0.1, 0.15) is 0 Å². The van der Waals surface area contributed by atoms with Gasteiger partial charge in [-0.2, -0.15) is 0 Å². The lowest BCUT2D eigenvalue weighted by molar-refractivity contribution is 0.587. The Balaban J connectivity index is 3.03. The van der Waals surface area contributed by atoms with Gasteiger partial charge >= 0.3 is 0 Å². The molecular weight excluding hydrogens is 90.9 g/mol. The fourth-order valence-electron chi connectivity index (χ4n) is 0.229.